The van der Waals surface area contributed by atoms with Crippen LogP contribution < -0.4 is 10.1 Å². The number of aryl methyl sites for hydroxylation is 1. The molecule has 0 saturated carbocycles. The molecular weight excluding hydrogens is 292 g/mol. The van der Waals surface area contributed by atoms with Gasteiger partial charge in [0.05, 0.1) is 6.61 Å². The largest absolute Gasteiger partial charge is 0.493 e. The third-order valence-electron chi connectivity index (χ3n) is 4.30. The molecule has 1 heterocycles. The minimum Gasteiger partial charge on any atom is -0.493 e. The summed E-state index contributed by atoms with van der Waals surface area (Å²) in [5, 5.41) is 12.1. The molecule has 1 aliphatic heterocycles. The lowest BCUT2D eigenvalue weighted by Gasteiger charge is -2.35. The second-order valence-electron chi connectivity index (χ2n) is 6.05. The van der Waals surface area contributed by atoms with Crippen LogP contribution in [0.1, 0.15) is 37.7 Å². The van der Waals surface area contributed by atoms with Crippen LogP contribution in [-0.4, -0.2) is 48.4 Å². The van der Waals surface area contributed by atoms with Crippen molar-refractivity contribution in [1.29, 1.82) is 0 Å². The monoisotopic (exact) mass is 320 g/mol. The highest BCUT2D eigenvalue weighted by Gasteiger charge is 2.25. The first kappa shape index (κ1) is 17.6. The number of nitrogens with zero attached hydrogens (tertiary/aromatic N) is 1. The first-order valence-corrected chi connectivity index (χ1v) is 8.56. The number of hydrogen-bond donors (Lipinski definition) is 2. The van der Waals surface area contributed by atoms with Gasteiger partial charge in [0.15, 0.2) is 0 Å². The van der Waals surface area contributed by atoms with Crippen molar-refractivity contribution in [3.8, 4) is 5.75 Å². The molecule has 0 spiro atoms. The van der Waals surface area contributed by atoms with Crippen molar-refractivity contribution < 1.29 is 14.6 Å². The number of urea groups is 1. The summed E-state index contributed by atoms with van der Waals surface area (Å²) in [5.41, 5.74) is 1.12. The van der Waals surface area contributed by atoms with Crippen LogP contribution in [0.2, 0.25) is 0 Å². The van der Waals surface area contributed by atoms with Crippen molar-refractivity contribution in [1.82, 2.24) is 10.2 Å². The van der Waals surface area contributed by atoms with Crippen LogP contribution in [0.3, 0.4) is 0 Å². The number of ether oxygens (including phenoxy) is 1. The molecular formula is C18H28N2O3. The highest BCUT2D eigenvalue weighted by atomic mass is 16.5. The standard InChI is InChI=1S/C18H28N2O3/c1-15-7-2-3-9-17(15)23-14-6-11-19-18(22)20-12-5-4-8-16(20)10-13-21/h2-3,7,9,16,21H,4-6,8,10-14H2,1H3,(H,19,22). The van der Waals surface area contributed by atoms with Gasteiger partial charge in [0.2, 0.25) is 0 Å². The highest BCUT2D eigenvalue weighted by Crippen LogP contribution is 2.19. The van der Waals surface area contributed by atoms with Crippen LogP contribution in [0, 0.1) is 6.92 Å². The van der Waals surface area contributed by atoms with Crippen LogP contribution in [0.25, 0.3) is 0 Å². The van der Waals surface area contributed by atoms with E-state index in [-0.39, 0.29) is 18.7 Å². The van der Waals surface area contributed by atoms with Crippen LogP contribution in [-0.2, 0) is 0 Å². The molecule has 2 rings (SSSR count). The van der Waals surface area contributed by atoms with E-state index in [4.69, 9.17) is 9.84 Å². The Hall–Kier alpha value is -1.75. The number of amides is 2. The summed E-state index contributed by atoms with van der Waals surface area (Å²) in [6.07, 6.45) is 4.62. The van der Waals surface area contributed by atoms with Crippen molar-refractivity contribution >= 4 is 6.03 Å². The number of benzene rings is 1. The average molecular weight is 320 g/mol. The maximum absolute atomic E-state index is 12.3. The minimum atomic E-state index is -0.0148. The first-order chi connectivity index (χ1) is 11.2. The van der Waals surface area contributed by atoms with Crippen LogP contribution in [0.4, 0.5) is 4.79 Å². The number of carbonyl (C=O) groups excluding carboxylic acids is 1. The summed E-state index contributed by atoms with van der Waals surface area (Å²) in [5.74, 6) is 0.901. The molecule has 1 aromatic rings. The van der Waals surface area contributed by atoms with Crippen molar-refractivity contribution in [2.24, 2.45) is 0 Å². The minimum absolute atomic E-state index is 0.0148. The third-order valence-corrected chi connectivity index (χ3v) is 4.30. The molecule has 1 unspecified atom stereocenters. The van der Waals surface area contributed by atoms with Crippen molar-refractivity contribution in [2.45, 2.75) is 45.1 Å². The molecule has 1 aromatic carbocycles. The molecule has 0 aromatic heterocycles. The summed E-state index contributed by atoms with van der Waals surface area (Å²) in [6, 6.07) is 8.10. The van der Waals surface area contributed by atoms with Gasteiger partial charge in [-0.1, -0.05) is 18.2 Å². The second-order valence-corrected chi connectivity index (χ2v) is 6.05. The van der Waals surface area contributed by atoms with E-state index < -0.39 is 0 Å². The van der Waals surface area contributed by atoms with Crippen molar-refractivity contribution in [3.05, 3.63) is 29.8 Å². The molecule has 0 radical (unpaired) electrons. The van der Waals surface area contributed by atoms with Crippen LogP contribution in [0.5, 0.6) is 5.75 Å². The molecule has 2 N–H and O–H groups in total. The molecule has 5 heteroatoms. The third kappa shape index (κ3) is 5.43. The van der Waals surface area contributed by atoms with Crippen molar-refractivity contribution in [2.75, 3.05) is 26.3 Å². The highest BCUT2D eigenvalue weighted by molar-refractivity contribution is 5.74. The summed E-state index contributed by atoms with van der Waals surface area (Å²) >= 11 is 0. The fraction of sp³-hybridized carbons (Fsp3) is 0.611. The van der Waals surface area contributed by atoms with E-state index in [1.54, 1.807) is 0 Å². The Morgan fingerprint density at radius 2 is 2.22 bits per heavy atom. The van der Waals surface area contributed by atoms with Crippen LogP contribution in [0.15, 0.2) is 24.3 Å². The maximum Gasteiger partial charge on any atom is 0.317 e. The van der Waals surface area contributed by atoms with Gasteiger partial charge < -0.3 is 20.1 Å². The number of nitrogens with one attached hydrogen (secondary N) is 1. The molecule has 128 valence electrons. The number of aliphatic hydroxyl groups is 1. The average Bonchev–Trinajstić information content (AvgIpc) is 2.57. The summed E-state index contributed by atoms with van der Waals surface area (Å²) in [4.78, 5) is 14.1. The second kappa shape index (κ2) is 9.40. The fourth-order valence-corrected chi connectivity index (χ4v) is 2.99. The Labute approximate surface area is 138 Å². The van der Waals surface area contributed by atoms with Crippen molar-refractivity contribution in [3.63, 3.8) is 0 Å². The van der Waals surface area contributed by atoms with E-state index in [1.165, 1.54) is 0 Å². The number of hydrogen-bond acceptors (Lipinski definition) is 3. The number of rotatable bonds is 7. The van der Waals surface area contributed by atoms with E-state index in [1.807, 2.05) is 36.1 Å². The zero-order valence-corrected chi connectivity index (χ0v) is 14.0. The molecule has 2 amide bonds. The molecule has 0 bridgehead atoms. The number of carbonyl (C=O) groups is 1. The van der Waals surface area contributed by atoms with E-state index in [2.05, 4.69) is 5.32 Å². The lowest BCUT2D eigenvalue weighted by Crippen LogP contribution is -2.49. The van der Waals surface area contributed by atoms with E-state index in [0.717, 1.165) is 43.5 Å². The summed E-state index contributed by atoms with van der Waals surface area (Å²) < 4.78 is 5.73. The van der Waals surface area contributed by atoms with E-state index >= 15 is 0 Å². The fourth-order valence-electron chi connectivity index (χ4n) is 2.99. The maximum atomic E-state index is 12.3. The van der Waals surface area contributed by atoms with Gasteiger partial charge in [-0.3, -0.25) is 0 Å². The number of piperidine rings is 1. The molecule has 23 heavy (non-hydrogen) atoms. The molecule has 1 saturated heterocycles. The van der Waals surface area contributed by atoms with Gasteiger partial charge in [0.1, 0.15) is 5.75 Å². The first-order valence-electron chi connectivity index (χ1n) is 8.56. The predicted molar refractivity (Wildman–Crippen MR) is 90.7 cm³/mol. The van der Waals surface area contributed by atoms with Gasteiger partial charge in [-0.2, -0.15) is 0 Å². The Bertz CT molecular complexity index is 491. The van der Waals surface area contributed by atoms with Gasteiger partial charge in [-0.25, -0.2) is 4.79 Å². The SMILES string of the molecule is Cc1ccccc1OCCCNC(=O)N1CCCCC1CCO. The predicted octanol–water partition coefficient (Wildman–Crippen LogP) is 2.71. The summed E-state index contributed by atoms with van der Waals surface area (Å²) in [6.45, 7) is 4.14. The smallest absolute Gasteiger partial charge is 0.317 e. The number of para-hydroxylation sites is 1. The number of aliphatic hydroxyl groups excluding tert-OH is 1. The molecule has 1 aliphatic rings. The van der Waals surface area contributed by atoms with Gasteiger partial charge in [-0.05, 0) is 50.7 Å². The van der Waals surface area contributed by atoms with Gasteiger partial charge >= 0.3 is 6.03 Å². The topological polar surface area (TPSA) is 61.8 Å². The molecule has 1 atom stereocenters. The summed E-state index contributed by atoms with van der Waals surface area (Å²) in [7, 11) is 0. The van der Waals surface area contributed by atoms with Crippen LogP contribution >= 0.6 is 0 Å². The quantitative estimate of drug-likeness (QED) is 0.759. The zero-order valence-electron chi connectivity index (χ0n) is 14.0. The Morgan fingerprint density at radius 3 is 3.00 bits per heavy atom. The van der Waals surface area contributed by atoms with Gasteiger partial charge in [0.25, 0.3) is 0 Å². The van der Waals surface area contributed by atoms with E-state index in [0.29, 0.717) is 19.6 Å². The Morgan fingerprint density at radius 1 is 1.39 bits per heavy atom. The lowest BCUT2D eigenvalue weighted by molar-refractivity contribution is 0.131. The Kier molecular flexibility index (Phi) is 7.20. The zero-order chi connectivity index (χ0) is 16.5. The molecule has 5 nitrogen and oxygen atoms in total. The van der Waals surface area contributed by atoms with Gasteiger partial charge in [-0.15, -0.1) is 0 Å². The number of likely N-dealkylation sites (tertiary alicyclic amines) is 1. The molecule has 1 fully saturated rings. The van der Waals surface area contributed by atoms with Gasteiger partial charge in [0, 0.05) is 25.7 Å². The Balaban J connectivity index is 1.67. The molecule has 0 aliphatic carbocycles. The van der Waals surface area contributed by atoms with E-state index in [9.17, 15) is 4.79 Å². The normalized spacial score (nSPS) is 17.8. The lowest BCUT2D eigenvalue weighted by atomic mass is 10.0.